The van der Waals surface area contributed by atoms with Gasteiger partial charge in [-0.25, -0.2) is 0 Å². The highest BCUT2D eigenvalue weighted by Crippen LogP contribution is 2.22. The third kappa shape index (κ3) is 5.91. The lowest BCUT2D eigenvalue weighted by atomic mass is 10.1. The van der Waals surface area contributed by atoms with Crippen molar-refractivity contribution in [1.29, 1.82) is 0 Å². The molecule has 1 aliphatic heterocycles. The van der Waals surface area contributed by atoms with E-state index in [1.165, 1.54) is 24.9 Å². The predicted octanol–water partition coefficient (Wildman–Crippen LogP) is 4.52. The first-order valence-electron chi connectivity index (χ1n) is 9.86. The molecule has 0 aliphatic carbocycles. The molecule has 144 valence electrons. The molecule has 5 nitrogen and oxygen atoms in total. The Labute approximate surface area is 161 Å². The fourth-order valence-corrected chi connectivity index (χ4v) is 3.29. The molecule has 0 bridgehead atoms. The van der Waals surface area contributed by atoms with Crippen LogP contribution in [0.4, 0.5) is 17.1 Å². The van der Waals surface area contributed by atoms with Crippen LogP contribution in [0.2, 0.25) is 0 Å². The summed E-state index contributed by atoms with van der Waals surface area (Å²) < 4.78 is 5.40. The van der Waals surface area contributed by atoms with Crippen LogP contribution in [0.5, 0.6) is 5.75 Å². The van der Waals surface area contributed by atoms with Gasteiger partial charge in [0.05, 0.1) is 6.61 Å². The van der Waals surface area contributed by atoms with Crippen molar-refractivity contribution in [3.63, 3.8) is 0 Å². The Bertz CT molecular complexity index is 707. The van der Waals surface area contributed by atoms with Gasteiger partial charge < -0.3 is 20.3 Å². The zero-order valence-electron chi connectivity index (χ0n) is 16.0. The van der Waals surface area contributed by atoms with Gasteiger partial charge >= 0.3 is 0 Å². The molecule has 0 aromatic heterocycles. The Morgan fingerprint density at radius 3 is 2.30 bits per heavy atom. The van der Waals surface area contributed by atoms with Crippen LogP contribution >= 0.6 is 0 Å². The van der Waals surface area contributed by atoms with E-state index in [-0.39, 0.29) is 5.91 Å². The fraction of sp³-hybridized carbons (Fsp3) is 0.409. The van der Waals surface area contributed by atoms with Gasteiger partial charge in [-0.1, -0.05) is 0 Å². The van der Waals surface area contributed by atoms with Crippen molar-refractivity contribution in [2.45, 2.75) is 32.6 Å². The van der Waals surface area contributed by atoms with Crippen LogP contribution in [-0.2, 0) is 4.79 Å². The van der Waals surface area contributed by atoms with E-state index >= 15 is 0 Å². The van der Waals surface area contributed by atoms with Gasteiger partial charge in [0.15, 0.2) is 0 Å². The van der Waals surface area contributed by atoms with E-state index < -0.39 is 0 Å². The van der Waals surface area contributed by atoms with Crippen LogP contribution in [0.3, 0.4) is 0 Å². The molecule has 5 heteroatoms. The minimum absolute atomic E-state index is 0.00315. The average molecular weight is 367 g/mol. The monoisotopic (exact) mass is 367 g/mol. The summed E-state index contributed by atoms with van der Waals surface area (Å²) in [6.07, 6.45) is 4.32. The molecular formula is C22H29N3O2. The average Bonchev–Trinajstić information content (AvgIpc) is 2.71. The zero-order chi connectivity index (χ0) is 18.9. The summed E-state index contributed by atoms with van der Waals surface area (Å²) in [4.78, 5) is 14.5. The van der Waals surface area contributed by atoms with Crippen LogP contribution in [0.25, 0.3) is 0 Å². The molecule has 1 fully saturated rings. The quantitative estimate of drug-likeness (QED) is 0.720. The maximum Gasteiger partial charge on any atom is 0.226 e. The van der Waals surface area contributed by atoms with E-state index in [0.29, 0.717) is 19.6 Å². The summed E-state index contributed by atoms with van der Waals surface area (Å²) in [6, 6.07) is 15.9. The molecule has 0 atom stereocenters. The first kappa shape index (κ1) is 19.1. The molecule has 2 aromatic carbocycles. The maximum absolute atomic E-state index is 12.1. The van der Waals surface area contributed by atoms with Gasteiger partial charge in [0, 0.05) is 43.1 Å². The van der Waals surface area contributed by atoms with Crippen LogP contribution < -0.4 is 20.3 Å². The number of carbonyl (C=O) groups excluding carboxylic acids is 1. The third-order valence-corrected chi connectivity index (χ3v) is 4.72. The molecule has 1 aliphatic rings. The van der Waals surface area contributed by atoms with E-state index in [9.17, 15) is 4.79 Å². The van der Waals surface area contributed by atoms with E-state index in [2.05, 4.69) is 39.8 Å². The second-order valence-electron chi connectivity index (χ2n) is 6.78. The van der Waals surface area contributed by atoms with Crippen LogP contribution in [0, 0.1) is 0 Å². The number of anilines is 3. The van der Waals surface area contributed by atoms with E-state index in [4.69, 9.17) is 4.74 Å². The van der Waals surface area contributed by atoms with Gasteiger partial charge in [-0.2, -0.15) is 0 Å². The lowest BCUT2D eigenvalue weighted by Gasteiger charge is -2.28. The summed E-state index contributed by atoms with van der Waals surface area (Å²) in [5.41, 5.74) is 3.12. The number of nitrogens with zero attached hydrogens (tertiary/aromatic N) is 1. The van der Waals surface area contributed by atoms with Gasteiger partial charge in [-0.15, -0.1) is 0 Å². The SMILES string of the molecule is CCOc1ccc(NC(=O)CCNc2ccc(N3CCCCC3)cc2)cc1. The molecule has 0 spiro atoms. The topological polar surface area (TPSA) is 53.6 Å². The highest BCUT2D eigenvalue weighted by molar-refractivity contribution is 5.91. The third-order valence-electron chi connectivity index (χ3n) is 4.72. The number of hydrogen-bond donors (Lipinski definition) is 2. The lowest BCUT2D eigenvalue weighted by Crippen LogP contribution is -2.29. The second kappa shape index (κ2) is 9.86. The number of rotatable bonds is 8. The molecule has 2 N–H and O–H groups in total. The summed E-state index contributed by atoms with van der Waals surface area (Å²) in [5, 5.41) is 6.23. The number of carbonyl (C=O) groups is 1. The fourth-order valence-electron chi connectivity index (χ4n) is 3.29. The van der Waals surface area contributed by atoms with Crippen molar-refractivity contribution in [2.75, 3.05) is 41.8 Å². The van der Waals surface area contributed by atoms with Gasteiger partial charge in [0.25, 0.3) is 0 Å². The second-order valence-corrected chi connectivity index (χ2v) is 6.78. The normalized spacial score (nSPS) is 13.9. The van der Waals surface area contributed by atoms with Gasteiger partial charge in [0.2, 0.25) is 5.91 Å². The highest BCUT2D eigenvalue weighted by atomic mass is 16.5. The number of benzene rings is 2. The van der Waals surface area contributed by atoms with E-state index in [1.807, 2.05) is 31.2 Å². The van der Waals surface area contributed by atoms with Crippen molar-refractivity contribution in [1.82, 2.24) is 0 Å². The van der Waals surface area contributed by atoms with Crippen molar-refractivity contribution in [3.05, 3.63) is 48.5 Å². The standard InChI is InChI=1S/C22H29N3O2/c1-2-27-21-12-8-19(9-13-21)24-22(26)14-15-23-18-6-10-20(11-7-18)25-16-4-3-5-17-25/h6-13,23H,2-5,14-17H2,1H3,(H,24,26). The van der Waals surface area contributed by atoms with Crippen LogP contribution in [-0.4, -0.2) is 32.1 Å². The minimum Gasteiger partial charge on any atom is -0.494 e. The molecule has 0 unspecified atom stereocenters. The number of piperidine rings is 1. The molecule has 1 amide bonds. The smallest absolute Gasteiger partial charge is 0.226 e. The minimum atomic E-state index is -0.00315. The number of ether oxygens (including phenoxy) is 1. The highest BCUT2D eigenvalue weighted by Gasteiger charge is 2.10. The lowest BCUT2D eigenvalue weighted by molar-refractivity contribution is -0.115. The molecule has 2 aromatic rings. The van der Waals surface area contributed by atoms with Crippen molar-refractivity contribution < 1.29 is 9.53 Å². The first-order valence-corrected chi connectivity index (χ1v) is 9.86. The van der Waals surface area contributed by atoms with Gasteiger partial charge in [-0.05, 0) is 74.7 Å². The molecule has 0 radical (unpaired) electrons. The van der Waals surface area contributed by atoms with E-state index in [0.717, 1.165) is 30.2 Å². The summed E-state index contributed by atoms with van der Waals surface area (Å²) in [7, 11) is 0. The summed E-state index contributed by atoms with van der Waals surface area (Å²) >= 11 is 0. The molecular weight excluding hydrogens is 338 g/mol. The maximum atomic E-state index is 12.1. The Hall–Kier alpha value is -2.69. The number of hydrogen-bond acceptors (Lipinski definition) is 4. The molecule has 1 saturated heterocycles. The van der Waals surface area contributed by atoms with Gasteiger partial charge in [-0.3, -0.25) is 4.79 Å². The van der Waals surface area contributed by atoms with Crippen LogP contribution in [0.1, 0.15) is 32.6 Å². The molecule has 27 heavy (non-hydrogen) atoms. The molecule has 1 heterocycles. The zero-order valence-corrected chi connectivity index (χ0v) is 16.0. The number of nitrogens with one attached hydrogen (secondary N) is 2. The Morgan fingerprint density at radius 1 is 0.963 bits per heavy atom. The van der Waals surface area contributed by atoms with E-state index in [1.54, 1.807) is 0 Å². The van der Waals surface area contributed by atoms with Crippen LogP contribution in [0.15, 0.2) is 48.5 Å². The van der Waals surface area contributed by atoms with Crippen molar-refractivity contribution in [2.24, 2.45) is 0 Å². The Kier molecular flexibility index (Phi) is 6.97. The molecule has 3 rings (SSSR count). The first-order chi connectivity index (χ1) is 13.2. The van der Waals surface area contributed by atoms with Gasteiger partial charge in [0.1, 0.15) is 5.75 Å². The number of amides is 1. The Balaban J connectivity index is 1.40. The predicted molar refractivity (Wildman–Crippen MR) is 112 cm³/mol. The van der Waals surface area contributed by atoms with Crippen molar-refractivity contribution in [3.8, 4) is 5.75 Å². The summed E-state index contributed by atoms with van der Waals surface area (Å²) in [5.74, 6) is 0.807. The Morgan fingerprint density at radius 2 is 1.63 bits per heavy atom. The largest absolute Gasteiger partial charge is 0.494 e. The molecule has 0 saturated carbocycles. The van der Waals surface area contributed by atoms with Crippen molar-refractivity contribution >= 4 is 23.0 Å². The summed E-state index contributed by atoms with van der Waals surface area (Å²) in [6.45, 7) is 5.49.